The van der Waals surface area contributed by atoms with Gasteiger partial charge in [-0.15, -0.1) is 0 Å². The SMILES string of the molecule is CCCCCCc1c(CCC)ccc(C(=O)O)c1C(=O)O. The lowest BCUT2D eigenvalue weighted by Crippen LogP contribution is -2.14. The van der Waals surface area contributed by atoms with Gasteiger partial charge in [0.2, 0.25) is 0 Å². The Labute approximate surface area is 125 Å². The van der Waals surface area contributed by atoms with Gasteiger partial charge in [-0.2, -0.15) is 0 Å². The number of carboxylic acid groups (broad SMARTS) is 2. The molecule has 1 aromatic rings. The van der Waals surface area contributed by atoms with Crippen molar-refractivity contribution >= 4 is 11.9 Å². The summed E-state index contributed by atoms with van der Waals surface area (Å²) in [5.41, 5.74) is 1.55. The molecule has 0 aliphatic carbocycles. The van der Waals surface area contributed by atoms with Crippen LogP contribution in [0.5, 0.6) is 0 Å². The van der Waals surface area contributed by atoms with E-state index >= 15 is 0 Å². The quantitative estimate of drug-likeness (QED) is 0.670. The number of hydrogen-bond donors (Lipinski definition) is 2. The minimum absolute atomic E-state index is 0.0232. The Morgan fingerprint density at radius 3 is 2.14 bits per heavy atom. The molecule has 0 aliphatic heterocycles. The summed E-state index contributed by atoms with van der Waals surface area (Å²) in [4.78, 5) is 22.8. The molecule has 0 fully saturated rings. The van der Waals surface area contributed by atoms with Gasteiger partial charge < -0.3 is 10.2 Å². The van der Waals surface area contributed by atoms with E-state index in [1.54, 1.807) is 6.07 Å². The molecule has 0 aromatic heterocycles. The van der Waals surface area contributed by atoms with Gasteiger partial charge >= 0.3 is 11.9 Å². The third-order valence-corrected chi connectivity index (χ3v) is 3.65. The molecule has 0 spiro atoms. The van der Waals surface area contributed by atoms with Gasteiger partial charge in [0.05, 0.1) is 11.1 Å². The average molecular weight is 292 g/mol. The number of carboxylic acids is 2. The number of hydrogen-bond acceptors (Lipinski definition) is 2. The van der Waals surface area contributed by atoms with Crippen molar-refractivity contribution in [3.63, 3.8) is 0 Å². The standard InChI is InChI=1S/C17H24O4/c1-3-5-6-7-9-13-12(8-4-2)10-11-14(16(18)19)15(13)17(20)21/h10-11H,3-9H2,1-2H3,(H,18,19)(H,20,21). The molecule has 0 atom stereocenters. The summed E-state index contributed by atoms with van der Waals surface area (Å²) >= 11 is 0. The molecule has 0 bridgehead atoms. The predicted molar refractivity (Wildman–Crippen MR) is 82.2 cm³/mol. The average Bonchev–Trinajstić information content (AvgIpc) is 2.44. The van der Waals surface area contributed by atoms with Crippen molar-refractivity contribution in [2.75, 3.05) is 0 Å². The number of aromatic carboxylic acids is 2. The molecular weight excluding hydrogens is 268 g/mol. The molecule has 0 amide bonds. The molecule has 0 unspecified atom stereocenters. The van der Waals surface area contributed by atoms with E-state index in [9.17, 15) is 19.8 Å². The highest BCUT2D eigenvalue weighted by atomic mass is 16.4. The van der Waals surface area contributed by atoms with Gasteiger partial charge in [-0.05, 0) is 36.5 Å². The number of carbonyl (C=O) groups is 2. The Morgan fingerprint density at radius 1 is 0.905 bits per heavy atom. The van der Waals surface area contributed by atoms with Crippen molar-refractivity contribution < 1.29 is 19.8 Å². The zero-order valence-corrected chi connectivity index (χ0v) is 12.8. The normalized spacial score (nSPS) is 10.6. The zero-order valence-electron chi connectivity index (χ0n) is 12.8. The lowest BCUT2D eigenvalue weighted by atomic mass is 9.90. The molecule has 0 saturated heterocycles. The van der Waals surface area contributed by atoms with E-state index in [0.717, 1.165) is 44.1 Å². The van der Waals surface area contributed by atoms with Crippen LogP contribution in [0.3, 0.4) is 0 Å². The maximum Gasteiger partial charge on any atom is 0.336 e. The second-order valence-electron chi connectivity index (χ2n) is 5.30. The second-order valence-corrected chi connectivity index (χ2v) is 5.30. The van der Waals surface area contributed by atoms with Gasteiger partial charge in [0.1, 0.15) is 0 Å². The third kappa shape index (κ3) is 4.59. The van der Waals surface area contributed by atoms with Crippen LogP contribution in [0.4, 0.5) is 0 Å². The minimum atomic E-state index is -1.18. The van der Waals surface area contributed by atoms with Crippen LogP contribution in [0.25, 0.3) is 0 Å². The molecule has 4 nitrogen and oxygen atoms in total. The van der Waals surface area contributed by atoms with Gasteiger partial charge in [-0.1, -0.05) is 45.6 Å². The first-order valence-electron chi connectivity index (χ1n) is 7.64. The summed E-state index contributed by atoms with van der Waals surface area (Å²) in [6.45, 7) is 4.16. The number of benzene rings is 1. The van der Waals surface area contributed by atoms with Crippen molar-refractivity contribution in [1.29, 1.82) is 0 Å². The molecule has 21 heavy (non-hydrogen) atoms. The van der Waals surface area contributed by atoms with Crippen LogP contribution in [-0.2, 0) is 12.8 Å². The molecule has 0 saturated carbocycles. The van der Waals surface area contributed by atoms with Crippen LogP contribution in [0.2, 0.25) is 0 Å². The van der Waals surface area contributed by atoms with Gasteiger partial charge in [-0.3, -0.25) is 0 Å². The molecular formula is C17H24O4. The van der Waals surface area contributed by atoms with Crippen molar-refractivity contribution in [2.45, 2.75) is 58.8 Å². The molecule has 1 aromatic carbocycles. The van der Waals surface area contributed by atoms with E-state index in [2.05, 4.69) is 6.92 Å². The van der Waals surface area contributed by atoms with Crippen molar-refractivity contribution in [1.82, 2.24) is 0 Å². The first-order chi connectivity index (χ1) is 10.0. The topological polar surface area (TPSA) is 74.6 Å². The van der Waals surface area contributed by atoms with E-state index in [1.807, 2.05) is 6.92 Å². The molecule has 116 valence electrons. The lowest BCUT2D eigenvalue weighted by molar-refractivity contribution is 0.0650. The molecule has 1 rings (SSSR count). The van der Waals surface area contributed by atoms with E-state index in [1.165, 1.54) is 6.07 Å². The van der Waals surface area contributed by atoms with Crippen LogP contribution < -0.4 is 0 Å². The molecule has 2 N–H and O–H groups in total. The van der Waals surface area contributed by atoms with Gasteiger partial charge in [0, 0.05) is 0 Å². The zero-order chi connectivity index (χ0) is 15.8. The molecule has 0 aliphatic rings. The van der Waals surface area contributed by atoms with Gasteiger partial charge in [-0.25, -0.2) is 9.59 Å². The van der Waals surface area contributed by atoms with E-state index in [0.29, 0.717) is 12.0 Å². The fourth-order valence-electron chi connectivity index (χ4n) is 2.63. The summed E-state index contributed by atoms with van der Waals surface area (Å²) in [5, 5.41) is 18.6. The van der Waals surface area contributed by atoms with Gasteiger partial charge in [0.25, 0.3) is 0 Å². The maximum absolute atomic E-state index is 11.5. The first kappa shape index (κ1) is 17.2. The van der Waals surface area contributed by atoms with Crippen LogP contribution >= 0.6 is 0 Å². The maximum atomic E-state index is 11.5. The minimum Gasteiger partial charge on any atom is -0.478 e. The fourth-order valence-corrected chi connectivity index (χ4v) is 2.63. The summed E-state index contributed by atoms with van der Waals surface area (Å²) in [6, 6.07) is 3.20. The number of rotatable bonds is 9. The highest BCUT2D eigenvalue weighted by Gasteiger charge is 2.22. The van der Waals surface area contributed by atoms with E-state index < -0.39 is 11.9 Å². The van der Waals surface area contributed by atoms with Crippen molar-refractivity contribution in [3.8, 4) is 0 Å². The molecule has 0 radical (unpaired) electrons. The Balaban J connectivity index is 3.20. The summed E-state index contributed by atoms with van der Waals surface area (Å²) in [6.07, 6.45) is 6.49. The predicted octanol–water partition coefficient (Wildman–Crippen LogP) is 4.16. The number of aryl methyl sites for hydroxylation is 1. The molecule has 4 heteroatoms. The van der Waals surface area contributed by atoms with E-state index in [4.69, 9.17) is 0 Å². The first-order valence-corrected chi connectivity index (χ1v) is 7.64. The second kappa shape index (κ2) is 8.45. The fraction of sp³-hybridized carbons (Fsp3) is 0.529. The Kier molecular flexibility index (Phi) is 6.92. The van der Waals surface area contributed by atoms with Gasteiger partial charge in [0.15, 0.2) is 0 Å². The Morgan fingerprint density at radius 2 is 1.62 bits per heavy atom. The number of unbranched alkanes of at least 4 members (excludes halogenated alkanes) is 3. The monoisotopic (exact) mass is 292 g/mol. The van der Waals surface area contributed by atoms with Crippen LogP contribution in [0, 0.1) is 0 Å². The highest BCUT2D eigenvalue weighted by molar-refractivity contribution is 6.03. The van der Waals surface area contributed by atoms with Crippen LogP contribution in [-0.4, -0.2) is 22.2 Å². The summed E-state index contributed by atoms with van der Waals surface area (Å²) in [7, 11) is 0. The smallest absolute Gasteiger partial charge is 0.336 e. The highest BCUT2D eigenvalue weighted by Crippen LogP contribution is 2.24. The molecule has 0 heterocycles. The van der Waals surface area contributed by atoms with E-state index in [-0.39, 0.29) is 11.1 Å². The van der Waals surface area contributed by atoms with Crippen molar-refractivity contribution in [3.05, 3.63) is 34.4 Å². The summed E-state index contributed by atoms with van der Waals surface area (Å²) < 4.78 is 0. The van der Waals surface area contributed by atoms with Crippen LogP contribution in [0.1, 0.15) is 77.8 Å². The van der Waals surface area contributed by atoms with Crippen LogP contribution in [0.15, 0.2) is 12.1 Å². The summed E-state index contributed by atoms with van der Waals surface area (Å²) in [5.74, 6) is -2.32. The lowest BCUT2D eigenvalue weighted by Gasteiger charge is -2.14. The Hall–Kier alpha value is -1.84. The van der Waals surface area contributed by atoms with Crippen molar-refractivity contribution in [2.24, 2.45) is 0 Å². The largest absolute Gasteiger partial charge is 0.478 e. The third-order valence-electron chi connectivity index (χ3n) is 3.65. The Bertz CT molecular complexity index is 506.